The van der Waals surface area contributed by atoms with Crippen molar-refractivity contribution in [2.24, 2.45) is 0 Å². The molecule has 0 aliphatic rings. The van der Waals surface area contributed by atoms with Crippen LogP contribution < -0.4 is 10.1 Å². The molecule has 110 valence electrons. The highest BCUT2D eigenvalue weighted by atomic mass is 16.5. The van der Waals surface area contributed by atoms with Crippen LogP contribution in [0.4, 0.5) is 5.69 Å². The number of para-hydroxylation sites is 2. The summed E-state index contributed by atoms with van der Waals surface area (Å²) in [6, 6.07) is 13.4. The molecule has 0 aliphatic heterocycles. The van der Waals surface area contributed by atoms with Gasteiger partial charge >= 0.3 is 0 Å². The average molecular weight is 283 g/mol. The van der Waals surface area contributed by atoms with Crippen molar-refractivity contribution >= 4 is 11.6 Å². The fraction of sp³-hybridized carbons (Fsp3) is 0.278. The van der Waals surface area contributed by atoms with Crippen molar-refractivity contribution in [1.29, 1.82) is 0 Å². The number of hydrogen-bond acceptors (Lipinski definition) is 2. The summed E-state index contributed by atoms with van der Waals surface area (Å²) in [6.45, 7) is 4.18. The summed E-state index contributed by atoms with van der Waals surface area (Å²) in [5.41, 5.74) is 3.78. The molecule has 3 nitrogen and oxygen atoms in total. The van der Waals surface area contributed by atoms with E-state index >= 15 is 0 Å². The zero-order chi connectivity index (χ0) is 15.2. The zero-order valence-electron chi connectivity index (χ0n) is 12.8. The summed E-state index contributed by atoms with van der Waals surface area (Å²) in [5, 5.41) is 3.05. The van der Waals surface area contributed by atoms with Gasteiger partial charge in [0.25, 0.3) is 5.91 Å². The van der Waals surface area contributed by atoms with Gasteiger partial charge in [0.05, 0.1) is 12.7 Å². The lowest BCUT2D eigenvalue weighted by Crippen LogP contribution is -2.15. The monoisotopic (exact) mass is 283 g/mol. The topological polar surface area (TPSA) is 38.3 Å². The van der Waals surface area contributed by atoms with Crippen LogP contribution in [0.1, 0.15) is 35.3 Å². The Hall–Kier alpha value is -2.29. The summed E-state index contributed by atoms with van der Waals surface area (Å²) in [6.07, 6.45) is 1.77. The number of rotatable bonds is 5. The van der Waals surface area contributed by atoms with Gasteiger partial charge in [-0.25, -0.2) is 0 Å². The maximum absolute atomic E-state index is 12.5. The Morgan fingerprint density at radius 3 is 2.19 bits per heavy atom. The molecule has 0 radical (unpaired) electrons. The van der Waals surface area contributed by atoms with Gasteiger partial charge in [0.15, 0.2) is 0 Å². The molecule has 0 saturated carbocycles. The Morgan fingerprint density at radius 2 is 1.62 bits per heavy atom. The van der Waals surface area contributed by atoms with E-state index in [1.54, 1.807) is 19.2 Å². The van der Waals surface area contributed by atoms with Crippen LogP contribution in [0.15, 0.2) is 42.5 Å². The van der Waals surface area contributed by atoms with Crippen molar-refractivity contribution in [3.63, 3.8) is 0 Å². The third-order valence-corrected chi connectivity index (χ3v) is 3.59. The van der Waals surface area contributed by atoms with Crippen LogP contribution in [-0.2, 0) is 12.8 Å². The minimum atomic E-state index is -0.136. The van der Waals surface area contributed by atoms with Gasteiger partial charge in [-0.3, -0.25) is 4.79 Å². The number of carbonyl (C=O) groups excluding carboxylic acids is 1. The lowest BCUT2D eigenvalue weighted by atomic mass is 10.0. The first-order valence-electron chi connectivity index (χ1n) is 7.26. The molecule has 1 N–H and O–H groups in total. The van der Waals surface area contributed by atoms with Crippen molar-refractivity contribution in [1.82, 2.24) is 0 Å². The number of hydrogen-bond donors (Lipinski definition) is 1. The van der Waals surface area contributed by atoms with E-state index < -0.39 is 0 Å². The smallest absolute Gasteiger partial charge is 0.259 e. The number of nitrogens with one attached hydrogen (secondary N) is 1. The standard InChI is InChI=1S/C18H21NO2/c1-4-13-9-8-10-14(5-2)17(13)19-18(20)15-11-6-7-12-16(15)21-3/h6-12H,4-5H2,1-3H3,(H,19,20). The maximum Gasteiger partial charge on any atom is 0.259 e. The second-order valence-corrected chi connectivity index (χ2v) is 4.81. The molecule has 0 aliphatic carbocycles. The molecule has 2 rings (SSSR count). The normalized spacial score (nSPS) is 10.2. The number of aryl methyl sites for hydroxylation is 2. The Kier molecular flexibility index (Phi) is 4.99. The number of ether oxygens (including phenoxy) is 1. The summed E-state index contributed by atoms with van der Waals surface area (Å²) in [4.78, 5) is 12.5. The summed E-state index contributed by atoms with van der Waals surface area (Å²) in [5.74, 6) is 0.449. The highest BCUT2D eigenvalue weighted by Gasteiger charge is 2.14. The quantitative estimate of drug-likeness (QED) is 0.898. The lowest BCUT2D eigenvalue weighted by Gasteiger charge is -2.15. The number of anilines is 1. The predicted octanol–water partition coefficient (Wildman–Crippen LogP) is 4.07. The van der Waals surface area contributed by atoms with Crippen LogP contribution in [0.3, 0.4) is 0 Å². The molecule has 0 bridgehead atoms. The number of methoxy groups -OCH3 is 1. The summed E-state index contributed by atoms with van der Waals surface area (Å²) >= 11 is 0. The van der Waals surface area contributed by atoms with Crippen molar-refractivity contribution in [3.8, 4) is 5.75 Å². The first-order valence-corrected chi connectivity index (χ1v) is 7.26. The van der Waals surface area contributed by atoms with E-state index in [1.807, 2.05) is 18.2 Å². The number of carbonyl (C=O) groups is 1. The molecule has 0 atom stereocenters. The minimum Gasteiger partial charge on any atom is -0.496 e. The number of amides is 1. The van der Waals surface area contributed by atoms with E-state index in [9.17, 15) is 4.79 Å². The van der Waals surface area contributed by atoms with Crippen molar-refractivity contribution < 1.29 is 9.53 Å². The van der Waals surface area contributed by atoms with Crippen LogP contribution in [-0.4, -0.2) is 13.0 Å². The molecule has 0 heterocycles. The second kappa shape index (κ2) is 6.93. The molecule has 1 amide bonds. The molecule has 2 aromatic rings. The van der Waals surface area contributed by atoms with Crippen molar-refractivity contribution in [2.75, 3.05) is 12.4 Å². The zero-order valence-corrected chi connectivity index (χ0v) is 12.8. The predicted molar refractivity (Wildman–Crippen MR) is 86.1 cm³/mol. The van der Waals surface area contributed by atoms with Crippen molar-refractivity contribution in [3.05, 3.63) is 59.2 Å². The Labute approximate surface area is 126 Å². The molecule has 0 spiro atoms. The fourth-order valence-electron chi connectivity index (χ4n) is 2.42. The molecular formula is C18H21NO2. The molecule has 3 heteroatoms. The molecule has 2 aromatic carbocycles. The van der Waals surface area contributed by atoms with E-state index in [-0.39, 0.29) is 5.91 Å². The van der Waals surface area contributed by atoms with Gasteiger partial charge in [-0.05, 0) is 36.1 Å². The minimum absolute atomic E-state index is 0.136. The van der Waals surface area contributed by atoms with Crippen LogP contribution in [0.2, 0.25) is 0 Å². The molecule has 21 heavy (non-hydrogen) atoms. The van der Waals surface area contributed by atoms with E-state index in [0.717, 1.165) is 29.7 Å². The van der Waals surface area contributed by atoms with E-state index in [0.29, 0.717) is 11.3 Å². The summed E-state index contributed by atoms with van der Waals surface area (Å²) < 4.78 is 5.26. The van der Waals surface area contributed by atoms with E-state index in [1.165, 1.54) is 0 Å². The molecular weight excluding hydrogens is 262 g/mol. The fourth-order valence-corrected chi connectivity index (χ4v) is 2.42. The Morgan fingerprint density at radius 1 is 1.00 bits per heavy atom. The molecule has 0 aromatic heterocycles. The van der Waals surface area contributed by atoms with E-state index in [2.05, 4.69) is 31.3 Å². The first-order chi connectivity index (χ1) is 10.2. The second-order valence-electron chi connectivity index (χ2n) is 4.81. The molecule has 0 saturated heterocycles. The highest BCUT2D eigenvalue weighted by Crippen LogP contribution is 2.25. The van der Waals surface area contributed by atoms with Crippen LogP contribution >= 0.6 is 0 Å². The highest BCUT2D eigenvalue weighted by molar-refractivity contribution is 6.06. The SMILES string of the molecule is CCc1cccc(CC)c1NC(=O)c1ccccc1OC. The third-order valence-electron chi connectivity index (χ3n) is 3.59. The van der Waals surface area contributed by atoms with Gasteiger partial charge in [0.2, 0.25) is 0 Å². The van der Waals surface area contributed by atoms with Gasteiger partial charge in [-0.15, -0.1) is 0 Å². The molecule has 0 fully saturated rings. The van der Waals surface area contributed by atoms with Gasteiger partial charge in [0.1, 0.15) is 5.75 Å². The van der Waals surface area contributed by atoms with E-state index in [4.69, 9.17) is 4.74 Å². The van der Waals surface area contributed by atoms with Crippen LogP contribution in [0.25, 0.3) is 0 Å². The lowest BCUT2D eigenvalue weighted by molar-refractivity contribution is 0.102. The third kappa shape index (κ3) is 3.24. The maximum atomic E-state index is 12.5. The van der Waals surface area contributed by atoms with Crippen LogP contribution in [0, 0.1) is 0 Å². The molecule has 0 unspecified atom stereocenters. The van der Waals surface area contributed by atoms with Crippen molar-refractivity contribution in [2.45, 2.75) is 26.7 Å². The van der Waals surface area contributed by atoms with Gasteiger partial charge in [-0.1, -0.05) is 44.2 Å². The average Bonchev–Trinajstić information content (AvgIpc) is 2.54. The van der Waals surface area contributed by atoms with Gasteiger partial charge in [0, 0.05) is 5.69 Å². The Bertz CT molecular complexity index is 613. The largest absolute Gasteiger partial charge is 0.496 e. The Balaban J connectivity index is 2.36. The number of benzene rings is 2. The van der Waals surface area contributed by atoms with Crippen LogP contribution in [0.5, 0.6) is 5.75 Å². The van der Waals surface area contributed by atoms with Gasteiger partial charge < -0.3 is 10.1 Å². The van der Waals surface area contributed by atoms with Gasteiger partial charge in [-0.2, -0.15) is 0 Å². The summed E-state index contributed by atoms with van der Waals surface area (Å²) in [7, 11) is 1.57. The first kappa shape index (κ1) is 15.1.